The molecule has 0 unspecified atom stereocenters. The van der Waals surface area contributed by atoms with E-state index in [1.165, 1.54) is 12.1 Å². The Hall–Kier alpha value is -2.76. The molecule has 0 amide bonds. The van der Waals surface area contributed by atoms with E-state index in [9.17, 15) is 8.78 Å². The fourth-order valence-electron chi connectivity index (χ4n) is 2.01. The van der Waals surface area contributed by atoms with Crippen molar-refractivity contribution in [1.29, 1.82) is 0 Å². The van der Waals surface area contributed by atoms with Crippen LogP contribution < -0.4 is 5.32 Å². The third kappa shape index (κ3) is 3.46. The molecule has 0 aliphatic carbocycles. The van der Waals surface area contributed by atoms with Gasteiger partial charge in [-0.2, -0.15) is 0 Å². The number of halogens is 2. The van der Waals surface area contributed by atoms with Gasteiger partial charge in [0, 0.05) is 6.07 Å². The first kappa shape index (κ1) is 14.2. The first-order valence-electron chi connectivity index (χ1n) is 6.75. The van der Waals surface area contributed by atoms with Gasteiger partial charge in [0.15, 0.2) is 0 Å². The first-order valence-corrected chi connectivity index (χ1v) is 6.75. The Bertz CT molecular complexity index is 759. The Morgan fingerprint density at radius 2 is 1.73 bits per heavy atom. The number of anilines is 1. The van der Waals surface area contributed by atoms with Crippen molar-refractivity contribution in [1.82, 2.24) is 10.2 Å². The zero-order valence-electron chi connectivity index (χ0n) is 11.6. The normalized spacial score (nSPS) is 10.6. The summed E-state index contributed by atoms with van der Waals surface area (Å²) in [4.78, 5) is 0. The van der Waals surface area contributed by atoms with Gasteiger partial charge in [-0.3, -0.25) is 0 Å². The number of rotatable bonds is 5. The van der Waals surface area contributed by atoms with Gasteiger partial charge in [-0.15, -0.1) is 10.2 Å². The molecule has 0 atom stereocenters. The highest BCUT2D eigenvalue weighted by Crippen LogP contribution is 2.16. The predicted molar refractivity (Wildman–Crippen MR) is 77.2 cm³/mol. The maximum Gasteiger partial charge on any atom is 0.235 e. The summed E-state index contributed by atoms with van der Waals surface area (Å²) in [5.74, 6) is -0.452. The lowest BCUT2D eigenvalue weighted by Crippen LogP contribution is -2.02. The minimum atomic E-state index is -0.663. The SMILES string of the molecule is Fc1ccc(NCc2nnc(Cc3ccccc3)o2)c(F)c1. The van der Waals surface area contributed by atoms with Crippen LogP contribution >= 0.6 is 0 Å². The van der Waals surface area contributed by atoms with E-state index >= 15 is 0 Å². The van der Waals surface area contributed by atoms with E-state index < -0.39 is 11.6 Å². The molecule has 3 rings (SSSR count). The maximum atomic E-state index is 13.5. The zero-order chi connectivity index (χ0) is 15.4. The summed E-state index contributed by atoms with van der Waals surface area (Å²) in [6.45, 7) is 0.171. The largest absolute Gasteiger partial charge is 0.423 e. The molecule has 0 radical (unpaired) electrons. The average molecular weight is 301 g/mol. The van der Waals surface area contributed by atoms with Crippen LogP contribution in [0.4, 0.5) is 14.5 Å². The molecular formula is C16H13F2N3O. The van der Waals surface area contributed by atoms with Crippen molar-refractivity contribution in [3.8, 4) is 0 Å². The lowest BCUT2D eigenvalue weighted by atomic mass is 10.2. The van der Waals surface area contributed by atoms with Crippen LogP contribution in [0.1, 0.15) is 17.3 Å². The van der Waals surface area contributed by atoms with E-state index in [0.29, 0.717) is 18.2 Å². The topological polar surface area (TPSA) is 51.0 Å². The van der Waals surface area contributed by atoms with Crippen molar-refractivity contribution in [3.05, 3.63) is 77.5 Å². The molecule has 0 aliphatic rings. The van der Waals surface area contributed by atoms with Crippen LogP contribution in [0.2, 0.25) is 0 Å². The Morgan fingerprint density at radius 1 is 0.955 bits per heavy atom. The molecule has 2 aromatic carbocycles. The van der Waals surface area contributed by atoms with Crippen LogP contribution in [0, 0.1) is 11.6 Å². The summed E-state index contributed by atoms with van der Waals surface area (Å²) in [5.41, 5.74) is 1.25. The molecule has 0 bridgehead atoms. The van der Waals surface area contributed by atoms with E-state index in [0.717, 1.165) is 11.6 Å². The Kier molecular flexibility index (Phi) is 4.09. The van der Waals surface area contributed by atoms with Crippen LogP contribution in [-0.2, 0) is 13.0 Å². The van der Waals surface area contributed by atoms with Gasteiger partial charge in [0.05, 0.1) is 18.7 Å². The number of hydrogen-bond acceptors (Lipinski definition) is 4. The molecule has 1 aromatic heterocycles. The molecule has 4 nitrogen and oxygen atoms in total. The van der Waals surface area contributed by atoms with Gasteiger partial charge >= 0.3 is 0 Å². The molecule has 1 N–H and O–H groups in total. The van der Waals surface area contributed by atoms with E-state index in [1.807, 2.05) is 30.3 Å². The predicted octanol–water partition coefficient (Wildman–Crippen LogP) is 3.55. The average Bonchev–Trinajstić information content (AvgIpc) is 2.95. The number of nitrogens with one attached hydrogen (secondary N) is 1. The number of hydrogen-bond donors (Lipinski definition) is 1. The van der Waals surface area contributed by atoms with Gasteiger partial charge in [-0.05, 0) is 17.7 Å². The third-order valence-corrected chi connectivity index (χ3v) is 3.07. The standard InChI is InChI=1S/C16H13F2N3O/c17-12-6-7-14(13(18)9-12)19-10-16-21-20-15(22-16)8-11-4-2-1-3-5-11/h1-7,9,19H,8,10H2. The zero-order valence-corrected chi connectivity index (χ0v) is 11.6. The monoisotopic (exact) mass is 301 g/mol. The summed E-state index contributed by atoms with van der Waals surface area (Å²) >= 11 is 0. The molecular weight excluding hydrogens is 288 g/mol. The van der Waals surface area contributed by atoms with Gasteiger partial charge in [-0.25, -0.2) is 8.78 Å². The third-order valence-electron chi connectivity index (χ3n) is 3.07. The Labute approximate surface area is 125 Å². The van der Waals surface area contributed by atoms with E-state index in [4.69, 9.17) is 4.42 Å². The van der Waals surface area contributed by atoms with E-state index in [2.05, 4.69) is 15.5 Å². The van der Waals surface area contributed by atoms with Crippen LogP contribution in [0.5, 0.6) is 0 Å². The van der Waals surface area contributed by atoms with Crippen LogP contribution in [0.25, 0.3) is 0 Å². The fraction of sp³-hybridized carbons (Fsp3) is 0.125. The first-order chi connectivity index (χ1) is 10.7. The molecule has 0 fully saturated rings. The second kappa shape index (κ2) is 6.34. The molecule has 0 saturated heterocycles. The van der Waals surface area contributed by atoms with Gasteiger partial charge in [-0.1, -0.05) is 30.3 Å². The Balaban J connectivity index is 1.62. The van der Waals surface area contributed by atoms with Crippen LogP contribution in [0.3, 0.4) is 0 Å². The number of nitrogens with zero attached hydrogens (tertiary/aromatic N) is 2. The molecule has 0 aliphatic heterocycles. The number of benzene rings is 2. The highest BCUT2D eigenvalue weighted by Gasteiger charge is 2.08. The van der Waals surface area contributed by atoms with Gasteiger partial charge in [0.25, 0.3) is 0 Å². The minimum Gasteiger partial charge on any atom is -0.423 e. The molecule has 0 saturated carbocycles. The van der Waals surface area contributed by atoms with Crippen molar-refractivity contribution in [2.45, 2.75) is 13.0 Å². The smallest absolute Gasteiger partial charge is 0.235 e. The lowest BCUT2D eigenvalue weighted by molar-refractivity contribution is 0.463. The van der Waals surface area contributed by atoms with Crippen molar-refractivity contribution in [3.63, 3.8) is 0 Å². The molecule has 3 aromatic rings. The summed E-state index contributed by atoms with van der Waals surface area (Å²) in [6.07, 6.45) is 0.540. The highest BCUT2D eigenvalue weighted by atomic mass is 19.1. The Morgan fingerprint density at radius 3 is 2.50 bits per heavy atom. The van der Waals surface area contributed by atoms with Gasteiger partial charge < -0.3 is 9.73 Å². The van der Waals surface area contributed by atoms with Crippen molar-refractivity contribution < 1.29 is 13.2 Å². The molecule has 22 heavy (non-hydrogen) atoms. The van der Waals surface area contributed by atoms with Crippen LogP contribution in [0.15, 0.2) is 52.9 Å². The van der Waals surface area contributed by atoms with E-state index in [-0.39, 0.29) is 12.2 Å². The summed E-state index contributed by atoms with van der Waals surface area (Å²) in [7, 11) is 0. The van der Waals surface area contributed by atoms with Crippen molar-refractivity contribution in [2.75, 3.05) is 5.32 Å². The molecule has 1 heterocycles. The second-order valence-electron chi connectivity index (χ2n) is 4.73. The van der Waals surface area contributed by atoms with Crippen molar-refractivity contribution >= 4 is 5.69 Å². The minimum absolute atomic E-state index is 0.171. The van der Waals surface area contributed by atoms with Gasteiger partial charge in [0.2, 0.25) is 11.8 Å². The van der Waals surface area contributed by atoms with Gasteiger partial charge in [0.1, 0.15) is 11.6 Å². The maximum absolute atomic E-state index is 13.5. The molecule has 0 spiro atoms. The summed E-state index contributed by atoms with van der Waals surface area (Å²) < 4.78 is 31.8. The van der Waals surface area contributed by atoms with E-state index in [1.54, 1.807) is 0 Å². The quantitative estimate of drug-likeness (QED) is 0.783. The van der Waals surface area contributed by atoms with Crippen LogP contribution in [-0.4, -0.2) is 10.2 Å². The molecule has 112 valence electrons. The highest BCUT2D eigenvalue weighted by molar-refractivity contribution is 5.44. The van der Waals surface area contributed by atoms with Crippen molar-refractivity contribution in [2.24, 2.45) is 0 Å². The molecule has 6 heteroatoms. The summed E-state index contributed by atoms with van der Waals surface area (Å²) in [6, 6.07) is 13.1. The fourth-order valence-corrected chi connectivity index (χ4v) is 2.01. The number of aromatic nitrogens is 2. The second-order valence-corrected chi connectivity index (χ2v) is 4.73. The lowest BCUT2D eigenvalue weighted by Gasteiger charge is -2.04. The summed E-state index contributed by atoms with van der Waals surface area (Å²) in [5, 5.41) is 10.6.